The van der Waals surface area contributed by atoms with Crippen LogP contribution in [0.25, 0.3) is 0 Å². The minimum Gasteiger partial charge on any atom is -0.491 e. The molecule has 7 heteroatoms. The summed E-state index contributed by atoms with van der Waals surface area (Å²) >= 11 is 0. The van der Waals surface area contributed by atoms with Crippen LogP contribution in [0, 0.1) is 5.82 Å². The Balaban J connectivity index is 1.30. The van der Waals surface area contributed by atoms with Gasteiger partial charge in [0.15, 0.2) is 0 Å². The molecule has 1 N–H and O–H groups in total. The number of carbonyl (C=O) groups excluding carboxylic acids is 1. The van der Waals surface area contributed by atoms with Gasteiger partial charge in [0, 0.05) is 24.4 Å². The molecular weight excluding hydrogens is 375 g/mol. The number of halogens is 1. The lowest BCUT2D eigenvalue weighted by Crippen LogP contribution is -2.44. The molecule has 0 bridgehead atoms. The molecule has 0 aliphatic carbocycles. The Labute approximate surface area is 169 Å². The first-order valence-electron chi connectivity index (χ1n) is 9.95. The second-order valence-electron chi connectivity index (χ2n) is 7.23. The van der Waals surface area contributed by atoms with E-state index in [9.17, 15) is 9.18 Å². The number of urea groups is 1. The van der Waals surface area contributed by atoms with E-state index in [2.05, 4.69) is 5.32 Å². The summed E-state index contributed by atoms with van der Waals surface area (Å²) in [4.78, 5) is 14.3. The van der Waals surface area contributed by atoms with Gasteiger partial charge in [0.1, 0.15) is 24.3 Å². The molecule has 29 heavy (non-hydrogen) atoms. The lowest BCUT2D eigenvalue weighted by atomic mass is 10.1. The maximum Gasteiger partial charge on any atom is 0.322 e. The van der Waals surface area contributed by atoms with Crippen molar-refractivity contribution < 1.29 is 23.4 Å². The molecule has 0 spiro atoms. The second-order valence-corrected chi connectivity index (χ2v) is 7.23. The van der Waals surface area contributed by atoms with Crippen molar-refractivity contribution in [2.45, 2.75) is 25.0 Å². The summed E-state index contributed by atoms with van der Waals surface area (Å²) in [5.41, 5.74) is 1.14. The summed E-state index contributed by atoms with van der Waals surface area (Å²) in [5.74, 6) is 0.419. The van der Waals surface area contributed by atoms with Crippen LogP contribution < -0.4 is 10.1 Å². The molecular formula is C22H25FN2O4. The molecule has 2 amide bonds. The average Bonchev–Trinajstić information content (AvgIpc) is 3.27. The van der Waals surface area contributed by atoms with Gasteiger partial charge in [-0.2, -0.15) is 0 Å². The molecule has 2 aliphatic rings. The smallest absolute Gasteiger partial charge is 0.322 e. The van der Waals surface area contributed by atoms with Crippen molar-refractivity contribution in [3.8, 4) is 5.75 Å². The van der Waals surface area contributed by atoms with Crippen molar-refractivity contribution in [1.29, 1.82) is 0 Å². The minimum atomic E-state index is -0.468. The Bertz CT molecular complexity index is 824. The van der Waals surface area contributed by atoms with E-state index < -0.39 is 6.10 Å². The lowest BCUT2D eigenvalue weighted by molar-refractivity contribution is -0.0152. The van der Waals surface area contributed by atoms with Crippen molar-refractivity contribution >= 4 is 11.7 Å². The fraction of sp³-hybridized carbons (Fsp3) is 0.409. The summed E-state index contributed by atoms with van der Waals surface area (Å²) in [5, 5.41) is 2.88. The van der Waals surface area contributed by atoms with Crippen molar-refractivity contribution in [2.24, 2.45) is 0 Å². The van der Waals surface area contributed by atoms with E-state index in [0.717, 1.165) is 25.2 Å². The van der Waals surface area contributed by atoms with E-state index in [1.807, 2.05) is 12.1 Å². The van der Waals surface area contributed by atoms with Crippen LogP contribution in [0.1, 0.15) is 24.5 Å². The molecule has 0 saturated carbocycles. The molecule has 2 saturated heterocycles. The van der Waals surface area contributed by atoms with Crippen LogP contribution in [0.5, 0.6) is 5.75 Å². The summed E-state index contributed by atoms with van der Waals surface area (Å²) in [6.07, 6.45) is 1.81. The molecule has 2 fully saturated rings. The van der Waals surface area contributed by atoms with Gasteiger partial charge in [0.2, 0.25) is 0 Å². The molecule has 2 unspecified atom stereocenters. The second kappa shape index (κ2) is 9.24. The summed E-state index contributed by atoms with van der Waals surface area (Å²) in [6.45, 7) is 2.46. The van der Waals surface area contributed by atoms with Crippen molar-refractivity contribution in [3.05, 3.63) is 59.9 Å². The van der Waals surface area contributed by atoms with Crippen LogP contribution >= 0.6 is 0 Å². The van der Waals surface area contributed by atoms with Gasteiger partial charge < -0.3 is 24.4 Å². The van der Waals surface area contributed by atoms with Crippen LogP contribution in [0.3, 0.4) is 0 Å². The third-order valence-electron chi connectivity index (χ3n) is 5.17. The Hall–Kier alpha value is -2.64. The quantitative estimate of drug-likeness (QED) is 0.825. The van der Waals surface area contributed by atoms with Gasteiger partial charge in [0.25, 0.3) is 0 Å². The normalized spacial score (nSPS) is 21.8. The Morgan fingerprint density at radius 2 is 1.97 bits per heavy atom. The number of morpholine rings is 1. The van der Waals surface area contributed by atoms with E-state index in [-0.39, 0.29) is 18.0 Å². The number of hydrogen-bond acceptors (Lipinski definition) is 4. The van der Waals surface area contributed by atoms with Crippen molar-refractivity contribution in [2.75, 3.05) is 38.2 Å². The average molecular weight is 400 g/mol. The number of nitrogens with zero attached hydrogens (tertiary/aromatic N) is 1. The Kier molecular flexibility index (Phi) is 6.27. The fourth-order valence-corrected chi connectivity index (χ4v) is 3.56. The molecule has 4 rings (SSSR count). The highest BCUT2D eigenvalue weighted by atomic mass is 19.1. The first kappa shape index (κ1) is 19.7. The van der Waals surface area contributed by atoms with E-state index >= 15 is 0 Å². The first-order valence-corrected chi connectivity index (χ1v) is 9.95. The van der Waals surface area contributed by atoms with Crippen LogP contribution in [0.2, 0.25) is 0 Å². The molecule has 2 aromatic carbocycles. The Morgan fingerprint density at radius 1 is 1.14 bits per heavy atom. The summed E-state index contributed by atoms with van der Waals surface area (Å²) in [6, 6.07) is 13.5. The van der Waals surface area contributed by atoms with Crippen molar-refractivity contribution in [1.82, 2.24) is 4.90 Å². The molecule has 2 atom stereocenters. The third kappa shape index (κ3) is 5.05. The lowest BCUT2D eigenvalue weighted by Gasteiger charge is -2.33. The topological polar surface area (TPSA) is 60.0 Å². The number of anilines is 1. The molecule has 6 nitrogen and oxygen atoms in total. The number of amides is 2. The van der Waals surface area contributed by atoms with Crippen LogP contribution in [-0.2, 0) is 9.47 Å². The first-order chi connectivity index (χ1) is 14.2. The molecule has 2 heterocycles. The maximum absolute atomic E-state index is 14.0. The van der Waals surface area contributed by atoms with Gasteiger partial charge >= 0.3 is 6.03 Å². The van der Waals surface area contributed by atoms with Gasteiger partial charge in [-0.05, 0) is 43.2 Å². The van der Waals surface area contributed by atoms with Crippen molar-refractivity contribution in [3.63, 3.8) is 0 Å². The predicted octanol–water partition coefficient (Wildman–Crippen LogP) is 3.99. The van der Waals surface area contributed by atoms with Gasteiger partial charge in [-0.3, -0.25) is 0 Å². The maximum atomic E-state index is 14.0. The number of carbonyl (C=O) groups is 1. The highest BCUT2D eigenvalue weighted by Gasteiger charge is 2.27. The van der Waals surface area contributed by atoms with E-state index in [1.165, 1.54) is 6.07 Å². The zero-order valence-corrected chi connectivity index (χ0v) is 16.2. The predicted molar refractivity (Wildman–Crippen MR) is 107 cm³/mol. The molecule has 0 radical (unpaired) electrons. The van der Waals surface area contributed by atoms with E-state index in [4.69, 9.17) is 14.2 Å². The van der Waals surface area contributed by atoms with E-state index in [0.29, 0.717) is 37.6 Å². The monoisotopic (exact) mass is 400 g/mol. The zero-order valence-electron chi connectivity index (χ0n) is 16.2. The van der Waals surface area contributed by atoms with Gasteiger partial charge in [-0.15, -0.1) is 0 Å². The standard InChI is InChI=1S/C22H25FN2O4/c23-20-6-2-1-5-19(20)21-14-25(11-13-28-21)22(26)24-16-7-9-17(10-8-16)29-15-18-4-3-12-27-18/h1-2,5-10,18,21H,3-4,11-15H2,(H,24,26). The molecule has 154 valence electrons. The highest BCUT2D eigenvalue weighted by molar-refractivity contribution is 5.89. The SMILES string of the molecule is O=C(Nc1ccc(OCC2CCCO2)cc1)N1CCOC(c2ccccc2F)C1. The van der Waals surface area contributed by atoms with Crippen LogP contribution in [-0.4, -0.2) is 49.9 Å². The summed E-state index contributed by atoms with van der Waals surface area (Å²) < 4.78 is 31.0. The van der Waals surface area contributed by atoms with Crippen LogP contribution in [0.15, 0.2) is 48.5 Å². The number of ether oxygens (including phenoxy) is 3. The Morgan fingerprint density at radius 3 is 2.72 bits per heavy atom. The summed E-state index contributed by atoms with van der Waals surface area (Å²) in [7, 11) is 0. The fourth-order valence-electron chi connectivity index (χ4n) is 3.56. The number of hydrogen-bond donors (Lipinski definition) is 1. The zero-order chi connectivity index (χ0) is 20.1. The van der Waals surface area contributed by atoms with Gasteiger partial charge in [-0.1, -0.05) is 18.2 Å². The largest absolute Gasteiger partial charge is 0.491 e. The third-order valence-corrected chi connectivity index (χ3v) is 5.17. The van der Waals surface area contributed by atoms with E-state index in [1.54, 1.807) is 35.2 Å². The number of rotatable bonds is 5. The number of nitrogens with one attached hydrogen (secondary N) is 1. The number of benzene rings is 2. The molecule has 0 aromatic heterocycles. The minimum absolute atomic E-state index is 0.165. The van der Waals surface area contributed by atoms with Crippen LogP contribution in [0.4, 0.5) is 14.9 Å². The van der Waals surface area contributed by atoms with Gasteiger partial charge in [-0.25, -0.2) is 9.18 Å². The van der Waals surface area contributed by atoms with Gasteiger partial charge in [0.05, 0.1) is 19.3 Å². The highest BCUT2D eigenvalue weighted by Crippen LogP contribution is 2.25. The molecule has 2 aliphatic heterocycles. The molecule has 2 aromatic rings.